The summed E-state index contributed by atoms with van der Waals surface area (Å²) in [6.45, 7) is 0.233. The third-order valence-electron chi connectivity index (χ3n) is 5.61. The summed E-state index contributed by atoms with van der Waals surface area (Å²) in [6, 6.07) is 5.44. The van der Waals surface area contributed by atoms with Crippen LogP contribution in [0, 0.1) is 5.82 Å². The van der Waals surface area contributed by atoms with E-state index in [4.69, 9.17) is 4.74 Å². The van der Waals surface area contributed by atoms with Crippen LogP contribution in [0.5, 0.6) is 5.75 Å². The van der Waals surface area contributed by atoms with Crippen LogP contribution in [-0.2, 0) is 32.4 Å². The van der Waals surface area contributed by atoms with Crippen molar-refractivity contribution in [1.82, 2.24) is 14.9 Å². The van der Waals surface area contributed by atoms with Gasteiger partial charge < -0.3 is 15.2 Å². The van der Waals surface area contributed by atoms with Crippen LogP contribution in [0.2, 0.25) is 0 Å². The summed E-state index contributed by atoms with van der Waals surface area (Å²) < 4.78 is 43.9. The van der Waals surface area contributed by atoms with Gasteiger partial charge in [-0.1, -0.05) is 12.1 Å². The van der Waals surface area contributed by atoms with Crippen molar-refractivity contribution in [2.75, 3.05) is 19.0 Å². The number of hydrogen-bond donors (Lipinski definition) is 2. The molecule has 1 amide bonds. The van der Waals surface area contributed by atoms with Crippen molar-refractivity contribution < 1.29 is 27.4 Å². The first kappa shape index (κ1) is 20.5. The van der Waals surface area contributed by atoms with E-state index < -0.39 is 43.3 Å². The molecule has 30 heavy (non-hydrogen) atoms. The van der Waals surface area contributed by atoms with Crippen LogP contribution in [-0.4, -0.2) is 47.9 Å². The van der Waals surface area contributed by atoms with Gasteiger partial charge in [0.25, 0.3) is 11.5 Å². The summed E-state index contributed by atoms with van der Waals surface area (Å²) in [7, 11) is -3.64. The van der Waals surface area contributed by atoms with Gasteiger partial charge in [-0.3, -0.25) is 14.2 Å². The Bertz CT molecular complexity index is 1150. The zero-order valence-corrected chi connectivity index (χ0v) is 16.7. The summed E-state index contributed by atoms with van der Waals surface area (Å²) in [6.07, 6.45) is 0.229. The van der Waals surface area contributed by atoms with Gasteiger partial charge in [0, 0.05) is 26.3 Å². The van der Waals surface area contributed by atoms with Gasteiger partial charge in [-0.15, -0.1) is 0 Å². The summed E-state index contributed by atoms with van der Waals surface area (Å²) in [5.74, 6) is -2.38. The summed E-state index contributed by atoms with van der Waals surface area (Å²) in [5, 5.41) is 12.8. The minimum Gasteiger partial charge on any atom is -0.501 e. The molecular formula is C19H20FN3O6S. The summed E-state index contributed by atoms with van der Waals surface area (Å²) >= 11 is 0. The van der Waals surface area contributed by atoms with Gasteiger partial charge in [0.05, 0.1) is 5.75 Å². The van der Waals surface area contributed by atoms with E-state index in [9.17, 15) is 27.5 Å². The van der Waals surface area contributed by atoms with Crippen LogP contribution in [0.3, 0.4) is 0 Å². The number of halogens is 1. The van der Waals surface area contributed by atoms with Gasteiger partial charge >= 0.3 is 0 Å². The van der Waals surface area contributed by atoms with Crippen LogP contribution in [0.25, 0.3) is 0 Å². The predicted octanol–water partition coefficient (Wildman–Crippen LogP) is 0.452. The molecule has 1 spiro atoms. The Labute approximate surface area is 171 Å². The van der Waals surface area contributed by atoms with Crippen molar-refractivity contribution in [3.63, 3.8) is 0 Å². The Morgan fingerprint density at radius 1 is 1.27 bits per heavy atom. The molecule has 3 heterocycles. The summed E-state index contributed by atoms with van der Waals surface area (Å²) in [4.78, 5) is 29.5. The number of aromatic nitrogens is 2. The maximum absolute atomic E-state index is 13.0. The zero-order chi connectivity index (χ0) is 21.5. The second kappa shape index (κ2) is 7.47. The van der Waals surface area contributed by atoms with Crippen LogP contribution >= 0.6 is 0 Å². The first-order valence-electron chi connectivity index (χ1n) is 9.42. The second-order valence-corrected chi connectivity index (χ2v) is 9.74. The lowest BCUT2D eigenvalue weighted by atomic mass is 9.97. The average Bonchev–Trinajstić information content (AvgIpc) is 2.73. The maximum atomic E-state index is 13.0. The fourth-order valence-electron chi connectivity index (χ4n) is 3.91. The third-order valence-corrected chi connectivity index (χ3v) is 8.12. The first-order valence-corrected chi connectivity index (χ1v) is 11.1. The summed E-state index contributed by atoms with van der Waals surface area (Å²) in [5.41, 5.74) is -0.786. The van der Waals surface area contributed by atoms with E-state index in [2.05, 4.69) is 10.3 Å². The molecular weight excluding hydrogens is 417 g/mol. The number of ether oxygens (including phenoxy) is 1. The lowest BCUT2D eigenvalue weighted by molar-refractivity contribution is 0.0691. The van der Waals surface area contributed by atoms with Gasteiger partial charge in [-0.2, -0.15) is 0 Å². The normalized spacial score (nSPS) is 19.2. The molecule has 2 aromatic rings. The topological polar surface area (TPSA) is 128 Å². The minimum atomic E-state index is -3.64. The molecule has 0 unspecified atom stereocenters. The van der Waals surface area contributed by atoms with Crippen LogP contribution in [0.4, 0.5) is 4.39 Å². The van der Waals surface area contributed by atoms with Gasteiger partial charge in [0.2, 0.25) is 5.75 Å². The number of fused-ring (bicyclic) bond motifs is 2. The minimum absolute atomic E-state index is 0.00985. The van der Waals surface area contributed by atoms with Gasteiger partial charge in [-0.05, 0) is 30.5 Å². The Kier molecular flexibility index (Phi) is 5.10. The van der Waals surface area contributed by atoms with Gasteiger partial charge in [0.15, 0.2) is 15.5 Å². The number of sulfone groups is 1. The van der Waals surface area contributed by atoms with E-state index in [1.165, 1.54) is 24.3 Å². The Morgan fingerprint density at radius 3 is 2.60 bits per heavy atom. The van der Waals surface area contributed by atoms with Crippen molar-refractivity contribution in [3.05, 3.63) is 57.5 Å². The molecule has 1 aromatic heterocycles. The standard InChI is InChI=1S/C19H20FN3O6S/c20-13-3-1-12(2-4-13)11-21-16(25)14-15(24)17(26)23-7-10-30(27,28)19(18(23)22-14)5-8-29-9-6-19/h1-4,24H,5-11H2,(H,21,25). The second-order valence-electron chi connectivity index (χ2n) is 7.32. The SMILES string of the molecule is O=C(NCc1ccc(F)cc1)c1nc2n(c(=O)c1O)CCS(=O)(=O)C21CCOCC1. The fourth-order valence-corrected chi connectivity index (χ4v) is 5.94. The number of benzene rings is 1. The van der Waals surface area contributed by atoms with E-state index in [1.54, 1.807) is 0 Å². The van der Waals surface area contributed by atoms with Crippen molar-refractivity contribution in [1.29, 1.82) is 0 Å². The number of carbonyl (C=O) groups excluding carboxylic acids is 1. The number of hydrogen-bond acceptors (Lipinski definition) is 7. The monoisotopic (exact) mass is 437 g/mol. The molecule has 11 heteroatoms. The highest BCUT2D eigenvalue weighted by Crippen LogP contribution is 2.42. The number of carbonyl (C=O) groups is 1. The molecule has 0 saturated carbocycles. The molecule has 1 fully saturated rings. The number of aromatic hydroxyl groups is 1. The highest BCUT2D eigenvalue weighted by atomic mass is 32.2. The quantitative estimate of drug-likeness (QED) is 0.714. The molecule has 9 nitrogen and oxygen atoms in total. The maximum Gasteiger partial charge on any atom is 0.296 e. The molecule has 0 atom stereocenters. The predicted molar refractivity (Wildman–Crippen MR) is 103 cm³/mol. The molecule has 160 valence electrons. The van der Waals surface area contributed by atoms with E-state index >= 15 is 0 Å². The van der Waals surface area contributed by atoms with Crippen molar-refractivity contribution in [3.8, 4) is 5.75 Å². The average molecular weight is 437 g/mol. The van der Waals surface area contributed by atoms with Crippen molar-refractivity contribution in [2.24, 2.45) is 0 Å². The largest absolute Gasteiger partial charge is 0.501 e. The lowest BCUT2D eigenvalue weighted by Crippen LogP contribution is -2.52. The Hall–Kier alpha value is -2.79. The molecule has 1 aromatic carbocycles. The van der Waals surface area contributed by atoms with Crippen LogP contribution < -0.4 is 10.9 Å². The fraction of sp³-hybridized carbons (Fsp3) is 0.421. The number of nitrogens with one attached hydrogen (secondary N) is 1. The third kappa shape index (κ3) is 3.27. The Balaban J connectivity index is 1.73. The highest BCUT2D eigenvalue weighted by molar-refractivity contribution is 7.92. The van der Waals surface area contributed by atoms with Crippen LogP contribution in [0.1, 0.15) is 34.7 Å². The van der Waals surface area contributed by atoms with Crippen molar-refractivity contribution >= 4 is 15.7 Å². The number of rotatable bonds is 3. The van der Waals surface area contributed by atoms with Gasteiger partial charge in [-0.25, -0.2) is 17.8 Å². The van der Waals surface area contributed by atoms with Crippen molar-refractivity contribution in [2.45, 2.75) is 30.7 Å². The number of nitrogens with zero attached hydrogens (tertiary/aromatic N) is 2. The Morgan fingerprint density at radius 2 is 1.93 bits per heavy atom. The molecule has 0 radical (unpaired) electrons. The molecule has 2 N–H and O–H groups in total. The zero-order valence-electron chi connectivity index (χ0n) is 15.9. The first-order chi connectivity index (χ1) is 14.2. The molecule has 2 aliphatic rings. The molecule has 2 aliphatic heterocycles. The van der Waals surface area contributed by atoms with E-state index in [0.29, 0.717) is 5.56 Å². The smallest absolute Gasteiger partial charge is 0.296 e. The number of amides is 1. The van der Waals surface area contributed by atoms with E-state index in [-0.39, 0.29) is 50.7 Å². The lowest BCUT2D eigenvalue weighted by Gasteiger charge is -2.40. The van der Waals surface area contributed by atoms with E-state index in [1.807, 2.05) is 0 Å². The molecule has 0 bridgehead atoms. The molecule has 4 rings (SSSR count). The van der Waals surface area contributed by atoms with Crippen LogP contribution in [0.15, 0.2) is 29.1 Å². The van der Waals surface area contributed by atoms with E-state index in [0.717, 1.165) is 4.57 Å². The molecule has 0 aliphatic carbocycles. The van der Waals surface area contributed by atoms with Gasteiger partial charge in [0.1, 0.15) is 16.4 Å². The highest BCUT2D eigenvalue weighted by Gasteiger charge is 2.52. The molecule has 1 saturated heterocycles.